The summed E-state index contributed by atoms with van der Waals surface area (Å²) >= 11 is 0. The standard InChI is InChI=1S/C26H24FNO4/c1-15-14-16(7-12-19(15)27)23(29)21-22(20-6-5-13-32-20)28(25(31)24(21)30)18-10-8-17(9-11-18)26(2,3)4/h5-14,22,29H,1-4H3/b23-21-. The van der Waals surface area contributed by atoms with Crippen molar-refractivity contribution >= 4 is 23.1 Å². The number of aliphatic hydroxyl groups is 1. The molecule has 4 rings (SSSR count). The highest BCUT2D eigenvalue weighted by molar-refractivity contribution is 6.51. The molecular formula is C26H24FNO4. The van der Waals surface area contributed by atoms with E-state index in [2.05, 4.69) is 20.8 Å². The number of Topliss-reactive ketones (excluding diaryl/α,β-unsaturated/α-hetero) is 1. The molecule has 2 aromatic carbocycles. The highest BCUT2D eigenvalue weighted by Gasteiger charge is 2.48. The van der Waals surface area contributed by atoms with Crippen LogP contribution in [0.5, 0.6) is 0 Å². The summed E-state index contributed by atoms with van der Waals surface area (Å²) in [6.07, 6.45) is 1.44. The van der Waals surface area contributed by atoms with E-state index >= 15 is 0 Å². The molecule has 2 heterocycles. The second-order valence-electron chi connectivity index (χ2n) is 8.95. The molecule has 32 heavy (non-hydrogen) atoms. The normalized spacial score (nSPS) is 18.4. The number of aryl methyl sites for hydroxylation is 1. The van der Waals surface area contributed by atoms with E-state index in [1.807, 2.05) is 12.1 Å². The minimum Gasteiger partial charge on any atom is -0.507 e. The summed E-state index contributed by atoms with van der Waals surface area (Å²) < 4.78 is 19.3. The molecule has 5 nitrogen and oxygen atoms in total. The van der Waals surface area contributed by atoms with Crippen molar-refractivity contribution < 1.29 is 23.5 Å². The summed E-state index contributed by atoms with van der Waals surface area (Å²) in [5.74, 6) is -2.06. The fraction of sp³-hybridized carbons (Fsp3) is 0.231. The highest BCUT2D eigenvalue weighted by Crippen LogP contribution is 2.42. The lowest BCUT2D eigenvalue weighted by Crippen LogP contribution is -2.29. The van der Waals surface area contributed by atoms with Gasteiger partial charge in [-0.15, -0.1) is 0 Å². The number of anilines is 1. The third-order valence-electron chi connectivity index (χ3n) is 5.70. The Hall–Kier alpha value is -3.67. The molecule has 0 bridgehead atoms. The topological polar surface area (TPSA) is 70.8 Å². The van der Waals surface area contributed by atoms with Crippen molar-refractivity contribution in [1.82, 2.24) is 0 Å². The summed E-state index contributed by atoms with van der Waals surface area (Å²) in [6, 6.07) is 13.8. The summed E-state index contributed by atoms with van der Waals surface area (Å²) in [6.45, 7) is 7.82. The molecule has 1 aromatic heterocycles. The van der Waals surface area contributed by atoms with Gasteiger partial charge in [-0.2, -0.15) is 0 Å². The van der Waals surface area contributed by atoms with Crippen molar-refractivity contribution in [2.75, 3.05) is 4.90 Å². The molecular weight excluding hydrogens is 409 g/mol. The zero-order valence-electron chi connectivity index (χ0n) is 18.3. The molecule has 1 aliphatic heterocycles. The van der Waals surface area contributed by atoms with Crippen molar-refractivity contribution in [3.8, 4) is 0 Å². The highest BCUT2D eigenvalue weighted by atomic mass is 19.1. The van der Waals surface area contributed by atoms with Crippen molar-refractivity contribution in [2.24, 2.45) is 0 Å². The van der Waals surface area contributed by atoms with Gasteiger partial charge in [0, 0.05) is 11.3 Å². The molecule has 164 valence electrons. The molecule has 6 heteroatoms. The number of nitrogens with zero attached hydrogens (tertiary/aromatic N) is 1. The van der Waals surface area contributed by atoms with Gasteiger partial charge in [-0.05, 0) is 65.9 Å². The van der Waals surface area contributed by atoms with Gasteiger partial charge in [-0.1, -0.05) is 32.9 Å². The van der Waals surface area contributed by atoms with Gasteiger partial charge in [-0.3, -0.25) is 14.5 Å². The first-order valence-corrected chi connectivity index (χ1v) is 10.3. The lowest BCUT2D eigenvalue weighted by atomic mass is 9.87. The number of ketones is 1. The second kappa shape index (κ2) is 7.79. The largest absolute Gasteiger partial charge is 0.507 e. The van der Waals surface area contributed by atoms with Crippen molar-refractivity contribution in [3.05, 3.63) is 94.7 Å². The van der Waals surface area contributed by atoms with Crippen LogP contribution in [0.25, 0.3) is 5.76 Å². The van der Waals surface area contributed by atoms with E-state index in [1.165, 1.54) is 29.4 Å². The van der Waals surface area contributed by atoms with Crippen molar-refractivity contribution in [1.29, 1.82) is 0 Å². The van der Waals surface area contributed by atoms with Crippen LogP contribution in [0.2, 0.25) is 0 Å². The fourth-order valence-corrected chi connectivity index (χ4v) is 3.88. The maximum Gasteiger partial charge on any atom is 0.300 e. The Balaban J connectivity index is 1.88. The van der Waals surface area contributed by atoms with Gasteiger partial charge in [0.25, 0.3) is 11.7 Å². The van der Waals surface area contributed by atoms with Crippen LogP contribution in [0.3, 0.4) is 0 Å². The zero-order valence-corrected chi connectivity index (χ0v) is 18.3. The van der Waals surface area contributed by atoms with Gasteiger partial charge in [0.05, 0.1) is 11.8 Å². The average molecular weight is 433 g/mol. The molecule has 0 spiro atoms. The first kappa shape index (κ1) is 21.6. The van der Waals surface area contributed by atoms with Crippen LogP contribution in [-0.4, -0.2) is 16.8 Å². The van der Waals surface area contributed by atoms with Gasteiger partial charge in [-0.25, -0.2) is 4.39 Å². The Morgan fingerprint density at radius 1 is 1.06 bits per heavy atom. The Bertz CT molecular complexity index is 1220. The van der Waals surface area contributed by atoms with E-state index in [9.17, 15) is 19.1 Å². The number of amides is 1. The lowest BCUT2D eigenvalue weighted by molar-refractivity contribution is -0.132. The van der Waals surface area contributed by atoms with Crippen LogP contribution in [-0.2, 0) is 15.0 Å². The average Bonchev–Trinajstić information content (AvgIpc) is 3.36. The number of carbonyl (C=O) groups excluding carboxylic acids is 2. The van der Waals surface area contributed by atoms with Gasteiger partial charge < -0.3 is 9.52 Å². The van der Waals surface area contributed by atoms with Gasteiger partial charge in [0.1, 0.15) is 23.4 Å². The van der Waals surface area contributed by atoms with Gasteiger partial charge >= 0.3 is 0 Å². The maximum atomic E-state index is 13.7. The van der Waals surface area contributed by atoms with E-state index in [0.29, 0.717) is 17.0 Å². The molecule has 3 aromatic rings. The van der Waals surface area contributed by atoms with E-state index in [1.54, 1.807) is 31.2 Å². The summed E-state index contributed by atoms with van der Waals surface area (Å²) in [4.78, 5) is 27.5. The molecule has 0 saturated carbocycles. The van der Waals surface area contributed by atoms with E-state index in [-0.39, 0.29) is 22.3 Å². The fourth-order valence-electron chi connectivity index (χ4n) is 3.88. The zero-order chi connectivity index (χ0) is 23.2. The van der Waals surface area contributed by atoms with Crippen molar-refractivity contribution in [2.45, 2.75) is 39.2 Å². The minimum atomic E-state index is -0.948. The van der Waals surface area contributed by atoms with Crippen LogP contribution >= 0.6 is 0 Å². The summed E-state index contributed by atoms with van der Waals surface area (Å²) in [5, 5.41) is 11.0. The maximum absolute atomic E-state index is 13.7. The Kier molecular flexibility index (Phi) is 5.25. The monoisotopic (exact) mass is 433 g/mol. The van der Waals surface area contributed by atoms with E-state index < -0.39 is 23.5 Å². The predicted molar refractivity (Wildman–Crippen MR) is 120 cm³/mol. The Morgan fingerprint density at radius 2 is 1.75 bits per heavy atom. The van der Waals surface area contributed by atoms with Gasteiger partial charge in [0.2, 0.25) is 0 Å². The number of hydrogen-bond acceptors (Lipinski definition) is 4. The predicted octanol–water partition coefficient (Wildman–Crippen LogP) is 5.65. The lowest BCUT2D eigenvalue weighted by Gasteiger charge is -2.25. The number of hydrogen-bond donors (Lipinski definition) is 1. The Morgan fingerprint density at radius 3 is 2.31 bits per heavy atom. The molecule has 1 saturated heterocycles. The molecule has 1 aliphatic rings. The van der Waals surface area contributed by atoms with E-state index in [0.717, 1.165) is 5.56 Å². The Labute approximate surface area is 185 Å². The second-order valence-corrected chi connectivity index (χ2v) is 8.95. The molecule has 1 fully saturated rings. The van der Waals surface area contributed by atoms with Crippen molar-refractivity contribution in [3.63, 3.8) is 0 Å². The van der Waals surface area contributed by atoms with Gasteiger partial charge in [0.15, 0.2) is 0 Å². The minimum absolute atomic E-state index is 0.0758. The van der Waals surface area contributed by atoms with E-state index in [4.69, 9.17) is 4.42 Å². The molecule has 1 atom stereocenters. The number of rotatable bonds is 3. The molecule has 1 amide bonds. The first-order valence-electron chi connectivity index (χ1n) is 10.3. The molecule has 1 N–H and O–H groups in total. The quantitative estimate of drug-likeness (QED) is 0.329. The van der Waals surface area contributed by atoms with Crippen LogP contribution in [0.15, 0.2) is 70.9 Å². The third kappa shape index (κ3) is 3.62. The number of furan rings is 1. The number of benzene rings is 2. The summed E-state index contributed by atoms with van der Waals surface area (Å²) in [5.41, 5.74) is 1.98. The van der Waals surface area contributed by atoms with Crippen LogP contribution in [0, 0.1) is 12.7 Å². The SMILES string of the molecule is Cc1cc(/C(O)=C2/C(=O)C(=O)N(c3ccc(C(C)(C)C)cc3)C2c2ccco2)ccc1F. The van der Waals surface area contributed by atoms with Crippen LogP contribution < -0.4 is 4.90 Å². The third-order valence-corrected chi connectivity index (χ3v) is 5.70. The first-order chi connectivity index (χ1) is 15.1. The number of carbonyl (C=O) groups is 2. The molecule has 0 aliphatic carbocycles. The molecule has 0 radical (unpaired) electrons. The number of halogens is 1. The van der Waals surface area contributed by atoms with Crippen LogP contribution in [0.1, 0.15) is 49.3 Å². The van der Waals surface area contributed by atoms with Crippen LogP contribution in [0.4, 0.5) is 10.1 Å². The molecule has 1 unspecified atom stereocenters. The smallest absolute Gasteiger partial charge is 0.300 e. The number of aliphatic hydroxyl groups excluding tert-OH is 1. The summed E-state index contributed by atoms with van der Waals surface area (Å²) in [7, 11) is 0.